The average Bonchev–Trinajstić information content (AvgIpc) is 2.94. The van der Waals surface area contributed by atoms with E-state index >= 15 is 0 Å². The molecule has 1 aromatic carbocycles. The van der Waals surface area contributed by atoms with Crippen LogP contribution in [0.2, 0.25) is 0 Å². The number of urea groups is 1. The molecule has 1 saturated heterocycles. The second-order valence-corrected chi connectivity index (χ2v) is 6.46. The topological polar surface area (TPSA) is 44.4 Å². The first-order chi connectivity index (χ1) is 10.5. The summed E-state index contributed by atoms with van der Waals surface area (Å²) in [5, 5.41) is 5.90. The summed E-state index contributed by atoms with van der Waals surface area (Å²) in [6.45, 7) is 8.70. The van der Waals surface area contributed by atoms with E-state index in [9.17, 15) is 9.18 Å². The molecular formula is C17H26FN3O. The number of halogens is 1. The summed E-state index contributed by atoms with van der Waals surface area (Å²) < 4.78 is 12.9. The van der Waals surface area contributed by atoms with Gasteiger partial charge in [0.25, 0.3) is 0 Å². The van der Waals surface area contributed by atoms with Crippen LogP contribution >= 0.6 is 0 Å². The smallest absolute Gasteiger partial charge is 0.315 e. The summed E-state index contributed by atoms with van der Waals surface area (Å²) in [5.41, 5.74) is 1.04. The lowest BCUT2D eigenvalue weighted by Crippen LogP contribution is -2.44. The van der Waals surface area contributed by atoms with Crippen molar-refractivity contribution in [2.75, 3.05) is 24.5 Å². The van der Waals surface area contributed by atoms with Crippen molar-refractivity contribution in [3.63, 3.8) is 0 Å². The zero-order chi connectivity index (χ0) is 16.1. The number of hydrogen-bond donors (Lipinski definition) is 2. The van der Waals surface area contributed by atoms with Crippen LogP contribution in [0.25, 0.3) is 0 Å². The first-order valence-electron chi connectivity index (χ1n) is 8.00. The molecule has 2 unspecified atom stereocenters. The summed E-state index contributed by atoms with van der Waals surface area (Å²) in [5.74, 6) is 0.647. The minimum absolute atomic E-state index is 0.0959. The van der Waals surface area contributed by atoms with Gasteiger partial charge in [-0.05, 0) is 49.4 Å². The minimum Gasteiger partial charge on any atom is -0.371 e. The van der Waals surface area contributed by atoms with Crippen molar-refractivity contribution in [2.45, 2.75) is 33.2 Å². The Labute approximate surface area is 132 Å². The molecule has 1 aromatic rings. The van der Waals surface area contributed by atoms with Crippen molar-refractivity contribution in [3.8, 4) is 0 Å². The monoisotopic (exact) mass is 307 g/mol. The molecule has 0 saturated carbocycles. The molecule has 2 atom stereocenters. The second kappa shape index (κ2) is 7.47. The molecule has 0 bridgehead atoms. The lowest BCUT2D eigenvalue weighted by molar-refractivity contribution is 0.233. The van der Waals surface area contributed by atoms with E-state index in [0.717, 1.165) is 25.2 Å². The van der Waals surface area contributed by atoms with Gasteiger partial charge < -0.3 is 15.5 Å². The largest absolute Gasteiger partial charge is 0.371 e. The van der Waals surface area contributed by atoms with Crippen molar-refractivity contribution in [1.82, 2.24) is 10.6 Å². The predicted octanol–water partition coefficient (Wildman–Crippen LogP) is 3.00. The van der Waals surface area contributed by atoms with Gasteiger partial charge >= 0.3 is 6.03 Å². The number of benzene rings is 1. The molecule has 5 heteroatoms. The van der Waals surface area contributed by atoms with Crippen LogP contribution in [0.15, 0.2) is 24.3 Å². The number of nitrogens with zero attached hydrogens (tertiary/aromatic N) is 1. The molecule has 1 aliphatic heterocycles. The zero-order valence-electron chi connectivity index (χ0n) is 13.6. The maximum absolute atomic E-state index is 12.9. The number of anilines is 1. The Hall–Kier alpha value is -1.78. The van der Waals surface area contributed by atoms with Crippen molar-refractivity contribution >= 4 is 11.7 Å². The fourth-order valence-electron chi connectivity index (χ4n) is 2.55. The Morgan fingerprint density at radius 3 is 2.64 bits per heavy atom. The second-order valence-electron chi connectivity index (χ2n) is 6.46. The summed E-state index contributed by atoms with van der Waals surface area (Å²) in [6.07, 6.45) is 1.04. The van der Waals surface area contributed by atoms with Gasteiger partial charge in [-0.2, -0.15) is 0 Å². The van der Waals surface area contributed by atoms with Gasteiger partial charge in [0, 0.05) is 31.4 Å². The van der Waals surface area contributed by atoms with Gasteiger partial charge in [-0.3, -0.25) is 0 Å². The molecule has 0 aliphatic carbocycles. The molecule has 22 heavy (non-hydrogen) atoms. The highest BCUT2D eigenvalue weighted by Crippen LogP contribution is 2.23. The molecule has 0 radical (unpaired) electrons. The molecule has 2 amide bonds. The van der Waals surface area contributed by atoms with E-state index in [2.05, 4.69) is 29.4 Å². The summed E-state index contributed by atoms with van der Waals surface area (Å²) in [6, 6.07) is 6.66. The third-order valence-electron chi connectivity index (χ3n) is 4.39. The summed E-state index contributed by atoms with van der Waals surface area (Å²) >= 11 is 0. The molecule has 4 nitrogen and oxygen atoms in total. The normalized spacial score (nSPS) is 19.3. The SMILES string of the molecule is CC(C)C(C)NC(=O)NCC1CCN(c2ccc(F)cc2)C1. The number of amides is 2. The fourth-order valence-corrected chi connectivity index (χ4v) is 2.55. The van der Waals surface area contributed by atoms with Crippen LogP contribution in [0.3, 0.4) is 0 Å². The standard InChI is InChI=1S/C17H26FN3O/c1-12(2)13(3)20-17(22)19-10-14-8-9-21(11-14)16-6-4-15(18)5-7-16/h4-7,12-14H,8-11H2,1-3H3,(H2,19,20,22). The molecule has 2 N–H and O–H groups in total. The van der Waals surface area contributed by atoms with Gasteiger partial charge in [0.2, 0.25) is 0 Å². The zero-order valence-corrected chi connectivity index (χ0v) is 13.6. The Morgan fingerprint density at radius 1 is 1.32 bits per heavy atom. The Bertz CT molecular complexity index is 489. The molecule has 0 aromatic heterocycles. The van der Waals surface area contributed by atoms with Gasteiger partial charge in [0.1, 0.15) is 5.82 Å². The van der Waals surface area contributed by atoms with Crippen molar-refractivity contribution in [1.29, 1.82) is 0 Å². The van der Waals surface area contributed by atoms with Crippen LogP contribution in [0.5, 0.6) is 0 Å². The van der Waals surface area contributed by atoms with Crippen molar-refractivity contribution in [2.24, 2.45) is 11.8 Å². The van der Waals surface area contributed by atoms with Crippen LogP contribution in [-0.2, 0) is 0 Å². The highest BCUT2D eigenvalue weighted by Gasteiger charge is 2.23. The third kappa shape index (κ3) is 4.61. The fraction of sp³-hybridized carbons (Fsp3) is 0.588. The average molecular weight is 307 g/mol. The van der Waals surface area contributed by atoms with E-state index in [1.165, 1.54) is 12.1 Å². The molecule has 1 fully saturated rings. The molecule has 1 aliphatic rings. The third-order valence-corrected chi connectivity index (χ3v) is 4.39. The predicted molar refractivity (Wildman–Crippen MR) is 87.6 cm³/mol. The quantitative estimate of drug-likeness (QED) is 0.878. The Balaban J connectivity index is 1.74. The van der Waals surface area contributed by atoms with Crippen molar-refractivity contribution in [3.05, 3.63) is 30.1 Å². The van der Waals surface area contributed by atoms with Crippen LogP contribution in [0, 0.1) is 17.7 Å². The van der Waals surface area contributed by atoms with E-state index in [1.54, 1.807) is 0 Å². The molecule has 1 heterocycles. The maximum atomic E-state index is 12.9. The molecular weight excluding hydrogens is 281 g/mol. The summed E-state index contributed by atoms with van der Waals surface area (Å²) in [4.78, 5) is 14.1. The van der Waals surface area contributed by atoms with E-state index in [4.69, 9.17) is 0 Å². The number of carbonyl (C=O) groups excluding carboxylic acids is 1. The Kier molecular flexibility index (Phi) is 5.63. The van der Waals surface area contributed by atoms with Crippen molar-refractivity contribution < 1.29 is 9.18 Å². The number of rotatable bonds is 5. The van der Waals surface area contributed by atoms with Gasteiger partial charge in [-0.1, -0.05) is 13.8 Å². The van der Waals surface area contributed by atoms with Gasteiger partial charge in [0.15, 0.2) is 0 Å². The number of nitrogens with one attached hydrogen (secondary N) is 2. The van der Waals surface area contributed by atoms with E-state index in [1.807, 2.05) is 19.1 Å². The molecule has 122 valence electrons. The lowest BCUT2D eigenvalue weighted by Gasteiger charge is -2.20. The first kappa shape index (κ1) is 16.6. The highest BCUT2D eigenvalue weighted by atomic mass is 19.1. The Morgan fingerprint density at radius 2 is 2.00 bits per heavy atom. The van der Waals surface area contributed by atoms with Gasteiger partial charge in [0.05, 0.1) is 0 Å². The highest BCUT2D eigenvalue weighted by molar-refractivity contribution is 5.74. The maximum Gasteiger partial charge on any atom is 0.315 e. The number of hydrogen-bond acceptors (Lipinski definition) is 2. The lowest BCUT2D eigenvalue weighted by atomic mass is 10.1. The van der Waals surface area contributed by atoms with E-state index in [0.29, 0.717) is 18.4 Å². The van der Waals surface area contributed by atoms with E-state index in [-0.39, 0.29) is 17.9 Å². The van der Waals surface area contributed by atoms with Crippen LogP contribution in [0.1, 0.15) is 27.2 Å². The minimum atomic E-state index is -0.211. The molecule has 0 spiro atoms. The number of carbonyl (C=O) groups is 1. The first-order valence-corrected chi connectivity index (χ1v) is 8.00. The van der Waals surface area contributed by atoms with Gasteiger partial charge in [-0.15, -0.1) is 0 Å². The summed E-state index contributed by atoms with van der Waals surface area (Å²) in [7, 11) is 0. The van der Waals surface area contributed by atoms with Gasteiger partial charge in [-0.25, -0.2) is 9.18 Å². The van der Waals surface area contributed by atoms with Crippen LogP contribution < -0.4 is 15.5 Å². The molecule has 2 rings (SSSR count). The van der Waals surface area contributed by atoms with Crippen LogP contribution in [-0.4, -0.2) is 31.7 Å². The van der Waals surface area contributed by atoms with E-state index < -0.39 is 0 Å². The van der Waals surface area contributed by atoms with Crippen LogP contribution in [0.4, 0.5) is 14.9 Å².